The van der Waals surface area contributed by atoms with Crippen LogP contribution in [0.1, 0.15) is 11.1 Å². The molecule has 1 aromatic carbocycles. The first-order valence-electron chi connectivity index (χ1n) is 6.03. The summed E-state index contributed by atoms with van der Waals surface area (Å²) in [6.07, 6.45) is -12.4. The molecule has 0 amide bonds. The van der Waals surface area contributed by atoms with Gasteiger partial charge in [-0.05, 0) is 23.8 Å². The van der Waals surface area contributed by atoms with Gasteiger partial charge >= 0.3 is 12.4 Å². The van der Waals surface area contributed by atoms with E-state index in [0.29, 0.717) is 6.07 Å². The second-order valence-corrected chi connectivity index (χ2v) is 5.50. The Kier molecular flexibility index (Phi) is 4.40. The van der Waals surface area contributed by atoms with Crippen molar-refractivity contribution in [3.8, 4) is 0 Å². The van der Waals surface area contributed by atoms with Crippen molar-refractivity contribution in [2.75, 3.05) is 7.05 Å². The topological polar surface area (TPSA) is 38.3 Å². The Labute approximate surface area is 134 Å². The molecular formula is C13H8BrF6NO2. The molecule has 1 aliphatic heterocycles. The van der Waals surface area contributed by atoms with Crippen molar-refractivity contribution in [3.05, 3.63) is 39.7 Å². The Bertz CT molecular complexity index is 680. The molecule has 1 unspecified atom stereocenters. The number of carbonyl (C=O) groups is 1. The molecule has 0 radical (unpaired) electrons. The summed E-state index contributed by atoms with van der Waals surface area (Å²) in [6, 6.07) is 2.46. The van der Waals surface area contributed by atoms with Gasteiger partial charge in [0.1, 0.15) is 0 Å². The average Bonchev–Trinajstić information content (AvgIpc) is 2.73. The van der Waals surface area contributed by atoms with Crippen LogP contribution < -0.4 is 5.32 Å². The summed E-state index contributed by atoms with van der Waals surface area (Å²) in [6.45, 7) is 0. The van der Waals surface area contributed by atoms with Gasteiger partial charge in [0, 0.05) is 11.5 Å². The standard InChI is InChI=1S/C13H8BrF6NO2/c1-21-11-8(9(22)10(23-11)13(18,19)20)5-2-6(12(15,16)17)4-7(14)3-5/h2-4,10,21H,1H3. The monoisotopic (exact) mass is 403 g/mol. The van der Waals surface area contributed by atoms with Crippen LogP contribution in [0.3, 0.4) is 0 Å². The quantitative estimate of drug-likeness (QED) is 0.761. The largest absolute Gasteiger partial charge is 0.457 e. The lowest BCUT2D eigenvalue weighted by molar-refractivity contribution is -0.202. The van der Waals surface area contributed by atoms with Gasteiger partial charge in [0.25, 0.3) is 6.10 Å². The van der Waals surface area contributed by atoms with E-state index in [0.717, 1.165) is 12.1 Å². The van der Waals surface area contributed by atoms with Gasteiger partial charge < -0.3 is 10.1 Å². The molecule has 0 saturated heterocycles. The summed E-state index contributed by atoms with van der Waals surface area (Å²) in [7, 11) is 1.20. The van der Waals surface area contributed by atoms with Crippen molar-refractivity contribution < 1.29 is 35.9 Å². The molecule has 0 aliphatic carbocycles. The number of benzene rings is 1. The summed E-state index contributed by atoms with van der Waals surface area (Å²) in [5.74, 6) is -1.98. The number of alkyl halides is 6. The molecule has 1 atom stereocenters. The van der Waals surface area contributed by atoms with Gasteiger partial charge in [-0.2, -0.15) is 26.3 Å². The van der Waals surface area contributed by atoms with E-state index in [1.165, 1.54) is 7.05 Å². The van der Waals surface area contributed by atoms with E-state index in [2.05, 4.69) is 26.0 Å². The van der Waals surface area contributed by atoms with Gasteiger partial charge in [-0.3, -0.25) is 4.79 Å². The van der Waals surface area contributed by atoms with E-state index in [1.54, 1.807) is 0 Å². The molecule has 1 aromatic rings. The van der Waals surface area contributed by atoms with Crippen LogP contribution in [0.4, 0.5) is 26.3 Å². The molecule has 23 heavy (non-hydrogen) atoms. The highest BCUT2D eigenvalue weighted by Gasteiger charge is 2.53. The van der Waals surface area contributed by atoms with Crippen LogP contribution in [0.25, 0.3) is 5.57 Å². The van der Waals surface area contributed by atoms with Gasteiger partial charge in [-0.1, -0.05) is 15.9 Å². The third-order valence-electron chi connectivity index (χ3n) is 2.99. The molecule has 1 heterocycles. The smallest absolute Gasteiger partial charge is 0.433 e. The van der Waals surface area contributed by atoms with Gasteiger partial charge in [0.2, 0.25) is 5.78 Å². The first-order valence-corrected chi connectivity index (χ1v) is 6.82. The van der Waals surface area contributed by atoms with Gasteiger partial charge in [-0.25, -0.2) is 0 Å². The van der Waals surface area contributed by atoms with E-state index in [1.807, 2.05) is 0 Å². The third kappa shape index (κ3) is 3.46. The highest BCUT2D eigenvalue weighted by atomic mass is 79.9. The van der Waals surface area contributed by atoms with Crippen LogP contribution in [0.15, 0.2) is 28.6 Å². The number of nitrogens with one attached hydrogen (secondary N) is 1. The molecule has 0 fully saturated rings. The Hall–Kier alpha value is -1.71. The first kappa shape index (κ1) is 17.6. The van der Waals surface area contributed by atoms with Crippen LogP contribution in [-0.2, 0) is 15.7 Å². The third-order valence-corrected chi connectivity index (χ3v) is 3.44. The number of carbonyl (C=O) groups excluding carboxylic acids is 1. The maximum atomic E-state index is 12.8. The molecule has 2 rings (SSSR count). The summed E-state index contributed by atoms with van der Waals surface area (Å²) < 4.78 is 81.3. The normalized spacial score (nSPS) is 19.1. The van der Waals surface area contributed by atoms with Gasteiger partial charge in [0.15, 0.2) is 5.88 Å². The van der Waals surface area contributed by atoms with E-state index >= 15 is 0 Å². The summed E-state index contributed by atoms with van der Waals surface area (Å²) in [4.78, 5) is 12.0. The zero-order valence-electron chi connectivity index (χ0n) is 11.3. The van der Waals surface area contributed by atoms with Crippen LogP contribution in [-0.4, -0.2) is 25.1 Å². The predicted molar refractivity (Wildman–Crippen MR) is 71.1 cm³/mol. The second-order valence-electron chi connectivity index (χ2n) is 4.58. The van der Waals surface area contributed by atoms with E-state index < -0.39 is 41.3 Å². The highest BCUT2D eigenvalue weighted by Crippen LogP contribution is 2.39. The fourth-order valence-corrected chi connectivity index (χ4v) is 2.54. The van der Waals surface area contributed by atoms with Crippen molar-refractivity contribution in [3.63, 3.8) is 0 Å². The lowest BCUT2D eigenvalue weighted by atomic mass is 9.98. The maximum absolute atomic E-state index is 12.8. The second kappa shape index (κ2) is 5.73. The fraction of sp³-hybridized carbons (Fsp3) is 0.308. The van der Waals surface area contributed by atoms with E-state index in [4.69, 9.17) is 0 Å². The lowest BCUT2D eigenvalue weighted by Crippen LogP contribution is -2.35. The number of hydrogen-bond donors (Lipinski definition) is 1. The summed E-state index contributed by atoms with van der Waals surface area (Å²) in [5.41, 5.74) is -2.01. The molecule has 0 aromatic heterocycles. The van der Waals surface area contributed by atoms with Crippen molar-refractivity contribution in [2.45, 2.75) is 18.5 Å². The number of ether oxygens (including phenoxy) is 1. The molecule has 0 spiro atoms. The number of ketones is 1. The molecule has 3 nitrogen and oxygen atoms in total. The van der Waals surface area contributed by atoms with Crippen LogP contribution >= 0.6 is 15.9 Å². The molecule has 0 saturated carbocycles. The van der Waals surface area contributed by atoms with E-state index in [-0.39, 0.29) is 10.0 Å². The molecule has 1 N–H and O–H groups in total. The SMILES string of the molecule is CNC1=C(c2cc(Br)cc(C(F)(F)F)c2)C(=O)C(C(F)(F)F)O1. The fourth-order valence-electron chi connectivity index (χ4n) is 2.04. The van der Waals surface area contributed by atoms with Crippen LogP contribution in [0.2, 0.25) is 0 Å². The zero-order valence-corrected chi connectivity index (χ0v) is 12.9. The average molecular weight is 404 g/mol. The molecular weight excluding hydrogens is 396 g/mol. The molecule has 1 aliphatic rings. The minimum absolute atomic E-state index is 0.0338. The van der Waals surface area contributed by atoms with Gasteiger partial charge in [-0.15, -0.1) is 0 Å². The molecule has 126 valence electrons. The van der Waals surface area contributed by atoms with Gasteiger partial charge in [0.05, 0.1) is 11.1 Å². The maximum Gasteiger partial charge on any atom is 0.433 e. The number of rotatable bonds is 2. The Morgan fingerprint density at radius 3 is 2.22 bits per heavy atom. The molecule has 10 heteroatoms. The Morgan fingerprint density at radius 1 is 1.13 bits per heavy atom. The minimum atomic E-state index is -4.97. The number of hydrogen-bond acceptors (Lipinski definition) is 3. The number of Topliss-reactive ketones (excluding diaryl/α,β-unsaturated/α-hetero) is 1. The highest BCUT2D eigenvalue weighted by molar-refractivity contribution is 9.10. The van der Waals surface area contributed by atoms with Crippen molar-refractivity contribution in [2.24, 2.45) is 0 Å². The Balaban J connectivity index is 2.56. The summed E-state index contributed by atoms with van der Waals surface area (Å²) >= 11 is 2.85. The zero-order chi connectivity index (χ0) is 17.6. The van der Waals surface area contributed by atoms with Crippen molar-refractivity contribution in [1.29, 1.82) is 0 Å². The van der Waals surface area contributed by atoms with Crippen molar-refractivity contribution in [1.82, 2.24) is 5.32 Å². The minimum Gasteiger partial charge on any atom is -0.457 e. The Morgan fingerprint density at radius 2 is 1.74 bits per heavy atom. The van der Waals surface area contributed by atoms with Crippen molar-refractivity contribution >= 4 is 27.3 Å². The first-order chi connectivity index (χ1) is 10.4. The lowest BCUT2D eigenvalue weighted by Gasteiger charge is -2.14. The molecule has 0 bridgehead atoms. The summed E-state index contributed by atoms with van der Waals surface area (Å²) in [5, 5.41) is 2.26. The van der Waals surface area contributed by atoms with E-state index in [9.17, 15) is 31.1 Å². The number of halogens is 7. The van der Waals surface area contributed by atoms with Crippen LogP contribution in [0, 0.1) is 0 Å². The van der Waals surface area contributed by atoms with Crippen LogP contribution in [0.5, 0.6) is 0 Å². The predicted octanol–water partition coefficient (Wildman–Crippen LogP) is 3.89.